The fourth-order valence-corrected chi connectivity index (χ4v) is 5.25. The van der Waals surface area contributed by atoms with Crippen LogP contribution in [-0.2, 0) is 6.42 Å². The van der Waals surface area contributed by atoms with Crippen LogP contribution in [0.3, 0.4) is 0 Å². The van der Waals surface area contributed by atoms with Crippen molar-refractivity contribution in [1.82, 2.24) is 9.80 Å². The van der Waals surface area contributed by atoms with E-state index in [2.05, 4.69) is 34.3 Å². The lowest BCUT2D eigenvalue weighted by molar-refractivity contribution is 0.0923. The smallest absolute Gasteiger partial charge is 0.258 e. The van der Waals surface area contributed by atoms with Crippen LogP contribution in [0.2, 0.25) is 0 Å². The third-order valence-electron chi connectivity index (χ3n) is 7.67. The first kappa shape index (κ1) is 24.2. The number of nitrogens with zero attached hydrogens (tertiary/aromatic N) is 3. The van der Waals surface area contributed by atoms with E-state index >= 15 is 0 Å². The number of fused-ring (bicyclic) bond motifs is 1. The van der Waals surface area contributed by atoms with Gasteiger partial charge in [-0.1, -0.05) is 30.3 Å². The number of likely N-dealkylation sites (N-methyl/N-ethyl adjacent to an activating group) is 1. The molecule has 5 rings (SSSR count). The van der Waals surface area contributed by atoms with Gasteiger partial charge in [-0.15, -0.1) is 0 Å². The molecule has 3 aromatic rings. The number of hydrogen-bond acceptors (Lipinski definition) is 4. The molecular weight excluding hydrogens is 448 g/mol. The summed E-state index contributed by atoms with van der Waals surface area (Å²) < 4.78 is 0. The van der Waals surface area contributed by atoms with E-state index in [-0.39, 0.29) is 11.8 Å². The Morgan fingerprint density at radius 3 is 2.33 bits per heavy atom. The van der Waals surface area contributed by atoms with Crippen molar-refractivity contribution in [2.75, 3.05) is 50.0 Å². The van der Waals surface area contributed by atoms with E-state index in [4.69, 9.17) is 0 Å². The minimum atomic E-state index is -0.143. The Labute approximate surface area is 213 Å². The molecule has 1 atom stereocenters. The Balaban J connectivity index is 1.33. The molecule has 0 aliphatic carbocycles. The van der Waals surface area contributed by atoms with E-state index in [1.54, 1.807) is 0 Å². The first-order valence-electron chi connectivity index (χ1n) is 12.7. The Kier molecular flexibility index (Phi) is 6.90. The zero-order valence-corrected chi connectivity index (χ0v) is 21.3. The molecule has 1 unspecified atom stereocenters. The van der Waals surface area contributed by atoms with Gasteiger partial charge in [0.2, 0.25) is 0 Å². The second-order valence-electron chi connectivity index (χ2n) is 10.0. The molecule has 0 spiro atoms. The Morgan fingerprint density at radius 2 is 1.58 bits per heavy atom. The number of amides is 2. The van der Waals surface area contributed by atoms with Crippen LogP contribution in [0.4, 0.5) is 11.4 Å². The van der Waals surface area contributed by atoms with Crippen molar-refractivity contribution >= 4 is 23.2 Å². The van der Waals surface area contributed by atoms with Gasteiger partial charge in [-0.2, -0.15) is 0 Å². The zero-order valence-electron chi connectivity index (χ0n) is 21.3. The molecule has 0 bridgehead atoms. The molecule has 2 aliphatic heterocycles. The van der Waals surface area contributed by atoms with Gasteiger partial charge < -0.3 is 15.1 Å². The maximum Gasteiger partial charge on any atom is 0.258 e. The van der Waals surface area contributed by atoms with Gasteiger partial charge in [0.1, 0.15) is 0 Å². The molecule has 3 aromatic carbocycles. The monoisotopic (exact) mass is 482 g/mol. The summed E-state index contributed by atoms with van der Waals surface area (Å²) in [7, 11) is 2.16. The molecule has 1 fully saturated rings. The van der Waals surface area contributed by atoms with Gasteiger partial charge in [0.25, 0.3) is 11.8 Å². The second kappa shape index (κ2) is 10.2. The second-order valence-corrected chi connectivity index (χ2v) is 10.0. The van der Waals surface area contributed by atoms with Crippen LogP contribution >= 0.6 is 0 Å². The fraction of sp³-hybridized carbons (Fsp3) is 0.333. The van der Waals surface area contributed by atoms with Crippen molar-refractivity contribution in [3.63, 3.8) is 0 Å². The Hall–Kier alpha value is -3.48. The number of carbonyl (C=O) groups is 2. The predicted octanol–water partition coefficient (Wildman–Crippen LogP) is 4.37. The standard InChI is InChI=1S/C30H34N4O2/c1-21-7-6-9-27(22(21)2)29(35)31-25-13-11-23(12-14-25)30(36)34-20-26(33-17-15-32(3)16-18-33)19-24-8-4-5-10-28(24)34/h4-14,26H,15-20H2,1-3H3,(H,31,35). The van der Waals surface area contributed by atoms with Gasteiger partial charge >= 0.3 is 0 Å². The molecule has 0 saturated carbocycles. The highest BCUT2D eigenvalue weighted by molar-refractivity contribution is 6.08. The number of piperazine rings is 1. The molecule has 0 aromatic heterocycles. The lowest BCUT2D eigenvalue weighted by Crippen LogP contribution is -2.55. The number of hydrogen-bond donors (Lipinski definition) is 1. The molecule has 6 heteroatoms. The third kappa shape index (κ3) is 4.92. The van der Waals surface area contributed by atoms with Crippen molar-refractivity contribution < 1.29 is 9.59 Å². The summed E-state index contributed by atoms with van der Waals surface area (Å²) in [6, 6.07) is 21.5. The van der Waals surface area contributed by atoms with Crippen molar-refractivity contribution in [3.8, 4) is 0 Å². The summed E-state index contributed by atoms with van der Waals surface area (Å²) in [5.41, 5.74) is 6.23. The van der Waals surface area contributed by atoms with Crippen molar-refractivity contribution in [2.24, 2.45) is 0 Å². The molecule has 1 saturated heterocycles. The quantitative estimate of drug-likeness (QED) is 0.600. The molecule has 0 radical (unpaired) electrons. The summed E-state index contributed by atoms with van der Waals surface area (Å²) >= 11 is 0. The average Bonchev–Trinajstić information content (AvgIpc) is 2.90. The van der Waals surface area contributed by atoms with E-state index in [9.17, 15) is 9.59 Å². The number of nitrogens with one attached hydrogen (secondary N) is 1. The number of para-hydroxylation sites is 1. The van der Waals surface area contributed by atoms with E-state index < -0.39 is 0 Å². The van der Waals surface area contributed by atoms with Crippen LogP contribution in [0.1, 0.15) is 37.4 Å². The molecule has 6 nitrogen and oxygen atoms in total. The van der Waals surface area contributed by atoms with Crippen molar-refractivity contribution in [1.29, 1.82) is 0 Å². The number of rotatable bonds is 4. The number of carbonyl (C=O) groups excluding carboxylic acids is 2. The highest BCUT2D eigenvalue weighted by Crippen LogP contribution is 2.31. The van der Waals surface area contributed by atoms with Gasteiger partial charge in [-0.05, 0) is 80.4 Å². The van der Waals surface area contributed by atoms with Crippen molar-refractivity contribution in [2.45, 2.75) is 26.3 Å². The van der Waals surface area contributed by atoms with Crippen LogP contribution in [0, 0.1) is 13.8 Å². The highest BCUT2D eigenvalue weighted by Gasteiger charge is 2.33. The van der Waals surface area contributed by atoms with Crippen LogP contribution in [0.15, 0.2) is 66.7 Å². The summed E-state index contributed by atoms with van der Waals surface area (Å²) in [4.78, 5) is 33.3. The molecule has 186 valence electrons. The van der Waals surface area contributed by atoms with Gasteiger partial charge in [0, 0.05) is 61.3 Å². The predicted molar refractivity (Wildman–Crippen MR) is 145 cm³/mol. The largest absolute Gasteiger partial charge is 0.322 e. The topological polar surface area (TPSA) is 55.9 Å². The van der Waals surface area contributed by atoms with Gasteiger partial charge in [-0.3, -0.25) is 14.5 Å². The summed E-state index contributed by atoms with van der Waals surface area (Å²) in [5.74, 6) is -0.149. The zero-order chi connectivity index (χ0) is 25.2. The maximum atomic E-state index is 13.7. The lowest BCUT2D eigenvalue weighted by Gasteiger charge is -2.43. The summed E-state index contributed by atoms with van der Waals surface area (Å²) in [5, 5.41) is 2.97. The molecule has 2 heterocycles. The van der Waals surface area contributed by atoms with Gasteiger partial charge in [0.05, 0.1) is 0 Å². The normalized spacial score (nSPS) is 18.5. The SMILES string of the molecule is Cc1cccc(C(=O)Nc2ccc(C(=O)N3CC(N4CCN(C)CC4)Cc4ccccc43)cc2)c1C. The molecule has 2 amide bonds. The van der Waals surface area contributed by atoms with Gasteiger partial charge in [0.15, 0.2) is 0 Å². The maximum absolute atomic E-state index is 13.7. The summed E-state index contributed by atoms with van der Waals surface area (Å²) in [6.45, 7) is 8.81. The molecule has 2 aliphatic rings. The first-order valence-corrected chi connectivity index (χ1v) is 12.7. The van der Waals surface area contributed by atoms with Gasteiger partial charge in [-0.25, -0.2) is 0 Å². The van der Waals surface area contributed by atoms with Crippen LogP contribution < -0.4 is 10.2 Å². The minimum Gasteiger partial charge on any atom is -0.322 e. The lowest BCUT2D eigenvalue weighted by atomic mass is 9.95. The Bertz CT molecular complexity index is 1260. The van der Waals surface area contributed by atoms with Crippen LogP contribution in [-0.4, -0.2) is 67.4 Å². The number of aryl methyl sites for hydroxylation is 1. The van der Waals surface area contributed by atoms with Crippen LogP contribution in [0.25, 0.3) is 0 Å². The first-order chi connectivity index (χ1) is 17.4. The number of benzene rings is 3. The highest BCUT2D eigenvalue weighted by atomic mass is 16.2. The number of anilines is 2. The molecule has 36 heavy (non-hydrogen) atoms. The van der Waals surface area contributed by atoms with Crippen LogP contribution in [0.5, 0.6) is 0 Å². The third-order valence-corrected chi connectivity index (χ3v) is 7.67. The fourth-order valence-electron chi connectivity index (χ4n) is 5.25. The van der Waals surface area contributed by atoms with E-state index in [1.807, 2.05) is 73.3 Å². The van der Waals surface area contributed by atoms with E-state index in [1.165, 1.54) is 5.56 Å². The minimum absolute atomic E-state index is 0.00585. The van der Waals surface area contributed by atoms with Crippen molar-refractivity contribution in [3.05, 3.63) is 94.5 Å². The molecule has 1 N–H and O–H groups in total. The average molecular weight is 483 g/mol. The van der Waals surface area contributed by atoms with E-state index in [0.717, 1.165) is 49.4 Å². The Morgan fingerprint density at radius 1 is 0.861 bits per heavy atom. The summed E-state index contributed by atoms with van der Waals surface area (Å²) in [6.07, 6.45) is 0.965. The molecular formula is C30H34N4O2. The van der Waals surface area contributed by atoms with E-state index in [0.29, 0.717) is 29.4 Å².